The Hall–Kier alpha value is -1.86. The highest BCUT2D eigenvalue weighted by Gasteiger charge is 2.31. The molecule has 0 unspecified atom stereocenters. The van der Waals surface area contributed by atoms with Crippen molar-refractivity contribution < 1.29 is 18.0 Å². The molecule has 2 aromatic carbocycles. The fourth-order valence-electron chi connectivity index (χ4n) is 1.70. The molecule has 0 spiro atoms. The summed E-state index contributed by atoms with van der Waals surface area (Å²) in [7, 11) is 0. The summed E-state index contributed by atoms with van der Waals surface area (Å²) in [6.45, 7) is 0. The van der Waals surface area contributed by atoms with E-state index in [1.165, 1.54) is 30.3 Å². The Balaban J connectivity index is 2.31. The highest BCUT2D eigenvalue weighted by atomic mass is 35.5. The van der Waals surface area contributed by atoms with Crippen LogP contribution in [0.5, 0.6) is 0 Å². The Kier molecular flexibility index (Phi) is 4.87. The van der Waals surface area contributed by atoms with Gasteiger partial charge in [-0.05, 0) is 42.1 Å². The van der Waals surface area contributed by atoms with Crippen LogP contribution in [0.2, 0.25) is 5.02 Å². The van der Waals surface area contributed by atoms with Crippen LogP contribution in [0.15, 0.2) is 47.4 Å². The number of benzene rings is 2. The van der Waals surface area contributed by atoms with Crippen LogP contribution in [0.4, 0.5) is 24.5 Å². The van der Waals surface area contributed by atoms with Crippen LogP contribution in [0.25, 0.3) is 0 Å². The zero-order valence-corrected chi connectivity index (χ0v) is 12.5. The molecule has 0 saturated heterocycles. The maximum atomic E-state index is 12.6. The molecule has 3 N–H and O–H groups in total. The van der Waals surface area contributed by atoms with Crippen LogP contribution in [-0.4, -0.2) is 11.4 Å². The molecule has 0 aliphatic rings. The Bertz CT molecular complexity index is 707. The maximum Gasteiger partial charge on any atom is 0.446 e. The molecule has 1 amide bonds. The van der Waals surface area contributed by atoms with E-state index < -0.39 is 11.4 Å². The van der Waals surface area contributed by atoms with Gasteiger partial charge in [0.05, 0.1) is 10.7 Å². The number of hydrogen-bond donors (Lipinski definition) is 2. The Labute approximate surface area is 133 Å². The van der Waals surface area contributed by atoms with E-state index in [1.54, 1.807) is 12.1 Å². The van der Waals surface area contributed by atoms with Crippen molar-refractivity contribution >= 4 is 40.6 Å². The minimum Gasteiger partial charge on any atom is -0.399 e. The monoisotopic (exact) mass is 346 g/mol. The Morgan fingerprint density at radius 3 is 2.50 bits per heavy atom. The SMILES string of the molecule is Nc1cccc(C(=O)Nc2c(Cl)cccc2SC(F)(F)F)c1. The van der Waals surface area contributed by atoms with Gasteiger partial charge < -0.3 is 11.1 Å². The van der Waals surface area contributed by atoms with Crippen molar-refractivity contribution in [3.8, 4) is 0 Å². The van der Waals surface area contributed by atoms with Crippen molar-refractivity contribution in [2.75, 3.05) is 11.1 Å². The molecular weight excluding hydrogens is 337 g/mol. The number of carbonyl (C=O) groups is 1. The minimum absolute atomic E-state index is 0.0199. The smallest absolute Gasteiger partial charge is 0.399 e. The second kappa shape index (κ2) is 6.50. The Morgan fingerprint density at radius 2 is 1.86 bits per heavy atom. The lowest BCUT2D eigenvalue weighted by molar-refractivity contribution is -0.0328. The number of halogens is 4. The lowest BCUT2D eigenvalue weighted by Crippen LogP contribution is -2.14. The van der Waals surface area contributed by atoms with E-state index in [0.29, 0.717) is 5.69 Å². The zero-order valence-electron chi connectivity index (χ0n) is 10.9. The van der Waals surface area contributed by atoms with E-state index in [2.05, 4.69) is 5.32 Å². The van der Waals surface area contributed by atoms with E-state index in [9.17, 15) is 18.0 Å². The number of alkyl halides is 3. The van der Waals surface area contributed by atoms with Crippen molar-refractivity contribution in [1.29, 1.82) is 0 Å². The van der Waals surface area contributed by atoms with Crippen LogP contribution in [0.3, 0.4) is 0 Å². The predicted molar refractivity (Wildman–Crippen MR) is 82.2 cm³/mol. The highest BCUT2D eigenvalue weighted by Crippen LogP contribution is 2.42. The second-order valence-electron chi connectivity index (χ2n) is 4.24. The Morgan fingerprint density at radius 1 is 1.18 bits per heavy atom. The fraction of sp³-hybridized carbons (Fsp3) is 0.0714. The third kappa shape index (κ3) is 4.32. The van der Waals surface area contributed by atoms with Gasteiger partial charge in [-0.1, -0.05) is 23.7 Å². The molecule has 2 aromatic rings. The number of rotatable bonds is 3. The summed E-state index contributed by atoms with van der Waals surface area (Å²) in [6, 6.07) is 10.1. The van der Waals surface area contributed by atoms with Gasteiger partial charge in [-0.25, -0.2) is 0 Å². The molecule has 0 saturated carbocycles. The summed E-state index contributed by atoms with van der Waals surface area (Å²) in [6.07, 6.45) is 0. The molecule has 0 aromatic heterocycles. The normalized spacial score (nSPS) is 11.3. The number of para-hydroxylation sites is 1. The summed E-state index contributed by atoms with van der Waals surface area (Å²) in [5.74, 6) is -0.593. The van der Waals surface area contributed by atoms with Crippen molar-refractivity contribution in [3.05, 3.63) is 53.1 Å². The van der Waals surface area contributed by atoms with E-state index in [-0.39, 0.29) is 32.9 Å². The first-order chi connectivity index (χ1) is 10.3. The van der Waals surface area contributed by atoms with E-state index in [1.807, 2.05) is 0 Å². The number of nitrogens with two attached hydrogens (primary N) is 1. The molecule has 3 nitrogen and oxygen atoms in total. The quantitative estimate of drug-likeness (QED) is 0.620. The van der Waals surface area contributed by atoms with Gasteiger partial charge >= 0.3 is 5.51 Å². The number of nitrogens with one attached hydrogen (secondary N) is 1. The number of anilines is 2. The van der Waals surface area contributed by atoms with Gasteiger partial charge in [0, 0.05) is 16.1 Å². The molecule has 0 fully saturated rings. The molecule has 116 valence electrons. The first-order valence-electron chi connectivity index (χ1n) is 5.97. The minimum atomic E-state index is -4.48. The van der Waals surface area contributed by atoms with E-state index in [0.717, 1.165) is 0 Å². The van der Waals surface area contributed by atoms with Gasteiger partial charge in [-0.3, -0.25) is 4.79 Å². The molecule has 2 rings (SSSR count). The van der Waals surface area contributed by atoms with Crippen LogP contribution in [0, 0.1) is 0 Å². The topological polar surface area (TPSA) is 55.1 Å². The van der Waals surface area contributed by atoms with Crippen molar-refractivity contribution in [3.63, 3.8) is 0 Å². The predicted octanol–water partition coefficient (Wildman–Crippen LogP) is 4.79. The number of amides is 1. The van der Waals surface area contributed by atoms with E-state index in [4.69, 9.17) is 17.3 Å². The molecule has 0 radical (unpaired) electrons. The molecule has 0 bridgehead atoms. The van der Waals surface area contributed by atoms with Crippen LogP contribution in [0.1, 0.15) is 10.4 Å². The third-order valence-electron chi connectivity index (χ3n) is 2.59. The van der Waals surface area contributed by atoms with Crippen LogP contribution < -0.4 is 11.1 Å². The third-order valence-corrected chi connectivity index (χ3v) is 3.69. The summed E-state index contributed by atoms with van der Waals surface area (Å²) < 4.78 is 37.7. The molecule has 8 heteroatoms. The second-order valence-corrected chi connectivity index (χ2v) is 5.75. The first kappa shape index (κ1) is 16.5. The van der Waals surface area contributed by atoms with Crippen molar-refractivity contribution in [1.82, 2.24) is 0 Å². The lowest BCUT2D eigenvalue weighted by Gasteiger charge is -2.14. The summed E-state index contributed by atoms with van der Waals surface area (Å²) in [5, 5.41) is 2.42. The molecule has 0 heterocycles. The van der Waals surface area contributed by atoms with Gasteiger partial charge in [0.25, 0.3) is 5.91 Å². The van der Waals surface area contributed by atoms with Gasteiger partial charge in [-0.15, -0.1) is 0 Å². The van der Waals surface area contributed by atoms with Gasteiger partial charge in [0.15, 0.2) is 0 Å². The first-order valence-corrected chi connectivity index (χ1v) is 7.17. The highest BCUT2D eigenvalue weighted by molar-refractivity contribution is 8.00. The average molecular weight is 347 g/mol. The van der Waals surface area contributed by atoms with Gasteiger partial charge in [0.2, 0.25) is 0 Å². The van der Waals surface area contributed by atoms with E-state index >= 15 is 0 Å². The summed E-state index contributed by atoms with van der Waals surface area (Å²) in [5.41, 5.74) is 1.60. The summed E-state index contributed by atoms with van der Waals surface area (Å²) >= 11 is 5.56. The zero-order chi connectivity index (χ0) is 16.3. The molecule has 0 aliphatic heterocycles. The maximum absolute atomic E-state index is 12.6. The van der Waals surface area contributed by atoms with Crippen LogP contribution in [-0.2, 0) is 0 Å². The van der Waals surface area contributed by atoms with Crippen molar-refractivity contribution in [2.45, 2.75) is 10.4 Å². The largest absolute Gasteiger partial charge is 0.446 e. The standard InChI is InChI=1S/C14H10ClF3N2OS/c15-10-5-2-6-11(22-14(16,17)18)12(10)20-13(21)8-3-1-4-9(19)7-8/h1-7H,19H2,(H,20,21). The molecule has 0 atom stereocenters. The molecular formula is C14H10ClF3N2OS. The number of thioether (sulfide) groups is 1. The lowest BCUT2D eigenvalue weighted by atomic mass is 10.2. The number of hydrogen-bond acceptors (Lipinski definition) is 3. The summed E-state index contributed by atoms with van der Waals surface area (Å²) in [4.78, 5) is 11.9. The number of nitrogen functional groups attached to an aromatic ring is 1. The van der Waals surface area contributed by atoms with Crippen LogP contribution >= 0.6 is 23.4 Å². The fourth-order valence-corrected chi connectivity index (χ4v) is 2.64. The number of carbonyl (C=O) groups excluding carboxylic acids is 1. The van der Waals surface area contributed by atoms with Gasteiger partial charge in [0.1, 0.15) is 0 Å². The molecule has 0 aliphatic carbocycles. The molecule has 22 heavy (non-hydrogen) atoms. The van der Waals surface area contributed by atoms with Crippen molar-refractivity contribution in [2.24, 2.45) is 0 Å². The average Bonchev–Trinajstić information content (AvgIpc) is 2.41. The van der Waals surface area contributed by atoms with Gasteiger partial charge in [-0.2, -0.15) is 13.2 Å².